The van der Waals surface area contributed by atoms with E-state index >= 15 is 0 Å². The molecule has 0 N–H and O–H groups in total. The minimum atomic E-state index is -0.318. The average molecular weight is 388 g/mol. The average Bonchev–Trinajstić information content (AvgIpc) is 3.02. The van der Waals surface area contributed by atoms with Crippen LogP contribution in [0.1, 0.15) is 30.9 Å². The molecule has 0 bridgehead atoms. The molecular formula is C19H21N3O2S2. The van der Waals surface area contributed by atoms with Crippen molar-refractivity contribution in [1.29, 1.82) is 5.26 Å². The van der Waals surface area contributed by atoms with Gasteiger partial charge in [0.05, 0.1) is 16.8 Å². The first kappa shape index (κ1) is 18.7. The van der Waals surface area contributed by atoms with Crippen LogP contribution < -0.4 is 0 Å². The molecule has 136 valence electrons. The molecule has 0 radical (unpaired) electrons. The molecule has 0 unspecified atom stereocenters. The summed E-state index contributed by atoms with van der Waals surface area (Å²) in [4.78, 5) is 14.2. The van der Waals surface area contributed by atoms with Gasteiger partial charge in [-0.3, -0.25) is 4.79 Å². The van der Waals surface area contributed by atoms with Crippen LogP contribution in [0.3, 0.4) is 0 Å². The summed E-state index contributed by atoms with van der Waals surface area (Å²) in [5.74, 6) is 0.623. The number of pyridine rings is 1. The second kappa shape index (κ2) is 8.56. The van der Waals surface area contributed by atoms with E-state index in [1.54, 1.807) is 0 Å². The minimum absolute atomic E-state index is 0.0952. The number of nitriles is 1. The quantitative estimate of drug-likeness (QED) is 0.590. The van der Waals surface area contributed by atoms with E-state index in [9.17, 15) is 10.1 Å². The maximum atomic E-state index is 12.1. The normalized spacial score (nSPS) is 15.0. The molecule has 5 nitrogen and oxygen atoms in total. The number of thioether (sulfide) groups is 1. The van der Waals surface area contributed by atoms with Gasteiger partial charge in [-0.05, 0) is 30.9 Å². The third kappa shape index (κ3) is 4.37. The molecule has 1 aliphatic rings. The van der Waals surface area contributed by atoms with Gasteiger partial charge in [-0.1, -0.05) is 37.0 Å². The summed E-state index contributed by atoms with van der Waals surface area (Å²) < 4.78 is 7.98. The first-order valence-electron chi connectivity index (χ1n) is 8.64. The third-order valence-electron chi connectivity index (χ3n) is 4.62. The Morgan fingerprint density at radius 3 is 2.92 bits per heavy atom. The van der Waals surface area contributed by atoms with Crippen molar-refractivity contribution in [2.75, 3.05) is 18.8 Å². The first-order valence-corrected chi connectivity index (χ1v) is 10.0. The monoisotopic (exact) mass is 387 g/mol. The third-order valence-corrected chi connectivity index (χ3v) is 6.11. The summed E-state index contributed by atoms with van der Waals surface area (Å²) in [5.41, 5.74) is 2.07. The predicted octanol–water partition coefficient (Wildman–Crippen LogP) is 3.60. The van der Waals surface area contributed by atoms with Crippen molar-refractivity contribution in [3.05, 3.63) is 41.7 Å². The molecule has 0 atom stereocenters. The van der Waals surface area contributed by atoms with Crippen LogP contribution in [0, 0.1) is 17.2 Å². The predicted molar refractivity (Wildman–Crippen MR) is 107 cm³/mol. The summed E-state index contributed by atoms with van der Waals surface area (Å²) in [6, 6.07) is 7.84. The van der Waals surface area contributed by atoms with E-state index in [-0.39, 0.29) is 18.3 Å². The Morgan fingerprint density at radius 1 is 1.42 bits per heavy atom. The molecule has 2 aromatic rings. The van der Waals surface area contributed by atoms with Gasteiger partial charge in [-0.15, -0.1) is 0 Å². The Morgan fingerprint density at radius 2 is 2.19 bits per heavy atom. The number of thiocarbonyl (C=S) groups is 1. The minimum Gasteiger partial charge on any atom is -0.460 e. The Bertz CT molecular complexity index is 848. The number of hydrogen-bond acceptors (Lipinski definition) is 5. The van der Waals surface area contributed by atoms with Crippen LogP contribution in [0.25, 0.3) is 5.52 Å². The molecule has 1 saturated heterocycles. The highest BCUT2D eigenvalue weighted by Gasteiger charge is 2.19. The Hall–Kier alpha value is -2.04. The number of fused-ring (bicyclic) bond motifs is 1. The number of aromatic nitrogens is 1. The van der Waals surface area contributed by atoms with E-state index in [0.29, 0.717) is 11.1 Å². The number of piperidine rings is 1. The van der Waals surface area contributed by atoms with Crippen molar-refractivity contribution >= 4 is 39.8 Å². The molecule has 2 aromatic heterocycles. The van der Waals surface area contributed by atoms with Crippen molar-refractivity contribution in [3.63, 3.8) is 0 Å². The van der Waals surface area contributed by atoms with E-state index in [2.05, 4.69) is 17.9 Å². The molecule has 3 heterocycles. The number of carbonyl (C=O) groups is 1. The lowest BCUT2D eigenvalue weighted by molar-refractivity contribution is -0.141. The van der Waals surface area contributed by atoms with Crippen molar-refractivity contribution in [1.82, 2.24) is 9.30 Å². The van der Waals surface area contributed by atoms with E-state index < -0.39 is 0 Å². The van der Waals surface area contributed by atoms with E-state index in [4.69, 9.17) is 17.0 Å². The lowest BCUT2D eigenvalue weighted by Crippen LogP contribution is -2.35. The van der Waals surface area contributed by atoms with Crippen LogP contribution in [-0.2, 0) is 16.1 Å². The Labute approximate surface area is 162 Å². The molecular weight excluding hydrogens is 366 g/mol. The summed E-state index contributed by atoms with van der Waals surface area (Å²) in [7, 11) is 0. The maximum absolute atomic E-state index is 12.1. The van der Waals surface area contributed by atoms with E-state index in [1.165, 1.54) is 11.8 Å². The fraction of sp³-hybridized carbons (Fsp3) is 0.421. The van der Waals surface area contributed by atoms with Crippen LogP contribution in [0.15, 0.2) is 30.6 Å². The number of hydrogen-bond donors (Lipinski definition) is 0. The van der Waals surface area contributed by atoms with E-state index in [1.807, 2.05) is 35.0 Å². The number of likely N-dealkylation sites (tertiary alicyclic amines) is 1. The van der Waals surface area contributed by atoms with Gasteiger partial charge in [0.2, 0.25) is 0 Å². The number of esters is 1. The van der Waals surface area contributed by atoms with Gasteiger partial charge in [0, 0.05) is 31.0 Å². The molecule has 0 spiro atoms. The smallest absolute Gasteiger partial charge is 0.316 e. The van der Waals surface area contributed by atoms with Crippen molar-refractivity contribution < 1.29 is 9.53 Å². The second-order valence-electron chi connectivity index (χ2n) is 6.52. The molecule has 1 fully saturated rings. The fourth-order valence-corrected chi connectivity index (χ4v) is 4.07. The lowest BCUT2D eigenvalue weighted by atomic mass is 10.00. The molecule has 0 aromatic carbocycles. The van der Waals surface area contributed by atoms with Crippen molar-refractivity contribution in [2.24, 2.45) is 5.92 Å². The summed E-state index contributed by atoms with van der Waals surface area (Å²) >= 11 is 6.78. The first-order chi connectivity index (χ1) is 12.6. The zero-order valence-electron chi connectivity index (χ0n) is 14.7. The number of rotatable bonds is 4. The number of nitrogens with zero attached hydrogens (tertiary/aromatic N) is 3. The largest absolute Gasteiger partial charge is 0.460 e. The topological polar surface area (TPSA) is 57.7 Å². The zero-order valence-corrected chi connectivity index (χ0v) is 16.3. The lowest BCUT2D eigenvalue weighted by Gasteiger charge is -2.31. The standard InChI is InChI=1S/C19H21N3O2S2/c1-14-5-8-21(9-6-14)19(25)26-13-18(23)24-12-15-11-22-7-3-2-4-17(22)16(15)10-20/h2-4,7,11,14H,5-6,8-9,12-13H2,1H3. The summed E-state index contributed by atoms with van der Waals surface area (Å²) in [6.07, 6.45) is 5.98. The van der Waals surface area contributed by atoms with Crippen molar-refractivity contribution in [2.45, 2.75) is 26.4 Å². The second-order valence-corrected chi connectivity index (χ2v) is 8.13. The van der Waals surface area contributed by atoms with Gasteiger partial charge in [0.15, 0.2) is 0 Å². The molecule has 1 aliphatic heterocycles. The highest BCUT2D eigenvalue weighted by molar-refractivity contribution is 8.23. The van der Waals surface area contributed by atoms with E-state index in [0.717, 1.165) is 41.7 Å². The van der Waals surface area contributed by atoms with Gasteiger partial charge in [0.25, 0.3) is 0 Å². The van der Waals surface area contributed by atoms with Crippen LogP contribution in [0.2, 0.25) is 0 Å². The van der Waals surface area contributed by atoms with Gasteiger partial charge in [-0.25, -0.2) is 0 Å². The van der Waals surface area contributed by atoms with Gasteiger partial charge in [0.1, 0.15) is 17.0 Å². The zero-order chi connectivity index (χ0) is 18.5. The molecule has 0 aliphatic carbocycles. The number of ether oxygens (including phenoxy) is 1. The van der Waals surface area contributed by atoms with Gasteiger partial charge >= 0.3 is 5.97 Å². The molecule has 3 rings (SSSR count). The SMILES string of the molecule is CC1CCN(C(=S)SCC(=O)OCc2cn3ccccc3c2C#N)CC1. The molecule has 7 heteroatoms. The van der Waals surface area contributed by atoms with Crippen molar-refractivity contribution in [3.8, 4) is 6.07 Å². The van der Waals surface area contributed by atoms with Crippen LogP contribution >= 0.6 is 24.0 Å². The Kier molecular flexibility index (Phi) is 6.17. The summed E-state index contributed by atoms with van der Waals surface area (Å²) in [5, 5.41) is 9.38. The molecule has 26 heavy (non-hydrogen) atoms. The number of carbonyl (C=O) groups excluding carboxylic acids is 1. The summed E-state index contributed by atoms with van der Waals surface area (Å²) in [6.45, 7) is 4.28. The van der Waals surface area contributed by atoms with Gasteiger partial charge in [-0.2, -0.15) is 5.26 Å². The maximum Gasteiger partial charge on any atom is 0.316 e. The highest BCUT2D eigenvalue weighted by atomic mass is 32.2. The molecule has 0 saturated carbocycles. The van der Waals surface area contributed by atoms with Crippen LogP contribution in [0.5, 0.6) is 0 Å². The Balaban J connectivity index is 1.50. The van der Waals surface area contributed by atoms with Crippen LogP contribution in [-0.4, -0.2) is 38.4 Å². The highest BCUT2D eigenvalue weighted by Crippen LogP contribution is 2.21. The fourth-order valence-electron chi connectivity index (χ4n) is 3.02. The molecule has 0 amide bonds. The van der Waals surface area contributed by atoms with Gasteiger partial charge < -0.3 is 14.0 Å². The van der Waals surface area contributed by atoms with Crippen LogP contribution in [0.4, 0.5) is 0 Å².